The zero-order valence-electron chi connectivity index (χ0n) is 12.0. The van der Waals surface area contributed by atoms with Gasteiger partial charge in [-0.2, -0.15) is 0 Å². The van der Waals surface area contributed by atoms with Crippen LogP contribution in [-0.4, -0.2) is 11.6 Å². The van der Waals surface area contributed by atoms with Gasteiger partial charge in [0.15, 0.2) is 0 Å². The SMILES string of the molecule is C=CC(CC(=C)C(=O)OC(C)(C)C)c1ccccc1. The number of allylic oxidation sites excluding steroid dienone is 1. The second-order valence-corrected chi connectivity index (χ2v) is 5.56. The number of ether oxygens (including phenoxy) is 1. The summed E-state index contributed by atoms with van der Waals surface area (Å²) in [6.45, 7) is 13.2. The number of esters is 1. The van der Waals surface area contributed by atoms with Crippen molar-refractivity contribution < 1.29 is 9.53 Å². The van der Waals surface area contributed by atoms with E-state index in [1.807, 2.05) is 57.2 Å². The maximum atomic E-state index is 11.9. The molecule has 0 amide bonds. The normalized spacial score (nSPS) is 12.6. The van der Waals surface area contributed by atoms with Crippen molar-refractivity contribution in [2.75, 3.05) is 0 Å². The molecule has 2 nitrogen and oxygen atoms in total. The Kier molecular flexibility index (Phi) is 5.11. The van der Waals surface area contributed by atoms with E-state index in [0.717, 1.165) is 5.56 Å². The van der Waals surface area contributed by atoms with E-state index < -0.39 is 5.60 Å². The number of hydrogen-bond donors (Lipinski definition) is 0. The fourth-order valence-corrected chi connectivity index (χ4v) is 1.74. The van der Waals surface area contributed by atoms with Gasteiger partial charge in [-0.1, -0.05) is 43.0 Å². The van der Waals surface area contributed by atoms with Gasteiger partial charge >= 0.3 is 5.97 Å². The Morgan fingerprint density at radius 1 is 1.32 bits per heavy atom. The monoisotopic (exact) mass is 258 g/mol. The number of carbonyl (C=O) groups excluding carboxylic acids is 1. The molecule has 1 aromatic carbocycles. The molecule has 1 rings (SSSR count). The molecule has 0 aliphatic heterocycles. The second-order valence-electron chi connectivity index (χ2n) is 5.56. The molecule has 0 aromatic heterocycles. The fraction of sp³-hybridized carbons (Fsp3) is 0.353. The van der Waals surface area contributed by atoms with Crippen LogP contribution in [0.5, 0.6) is 0 Å². The average molecular weight is 258 g/mol. The van der Waals surface area contributed by atoms with E-state index in [-0.39, 0.29) is 11.9 Å². The maximum Gasteiger partial charge on any atom is 0.333 e. The summed E-state index contributed by atoms with van der Waals surface area (Å²) in [5, 5.41) is 0. The minimum absolute atomic E-state index is 0.0845. The summed E-state index contributed by atoms with van der Waals surface area (Å²) in [6, 6.07) is 9.96. The van der Waals surface area contributed by atoms with Crippen LogP contribution in [-0.2, 0) is 9.53 Å². The summed E-state index contributed by atoms with van der Waals surface area (Å²) in [6.07, 6.45) is 2.37. The predicted molar refractivity (Wildman–Crippen MR) is 79.0 cm³/mol. The van der Waals surface area contributed by atoms with Crippen molar-refractivity contribution in [1.82, 2.24) is 0 Å². The van der Waals surface area contributed by atoms with Crippen LogP contribution in [0.4, 0.5) is 0 Å². The van der Waals surface area contributed by atoms with Crippen LogP contribution in [0.1, 0.15) is 38.7 Å². The molecule has 0 aliphatic carbocycles. The minimum Gasteiger partial charge on any atom is -0.457 e. The van der Waals surface area contributed by atoms with Crippen molar-refractivity contribution >= 4 is 5.97 Å². The third-order valence-electron chi connectivity index (χ3n) is 2.67. The Morgan fingerprint density at radius 3 is 2.37 bits per heavy atom. The lowest BCUT2D eigenvalue weighted by atomic mass is 9.92. The maximum absolute atomic E-state index is 11.9. The summed E-state index contributed by atoms with van der Waals surface area (Å²) in [5.41, 5.74) is 1.11. The summed E-state index contributed by atoms with van der Waals surface area (Å²) in [7, 11) is 0. The Morgan fingerprint density at radius 2 is 1.89 bits per heavy atom. The molecule has 0 saturated heterocycles. The highest BCUT2D eigenvalue weighted by atomic mass is 16.6. The summed E-state index contributed by atoms with van der Waals surface area (Å²) in [5.74, 6) is -0.253. The predicted octanol–water partition coefficient (Wildman–Crippen LogP) is 4.24. The topological polar surface area (TPSA) is 26.3 Å². The van der Waals surface area contributed by atoms with E-state index in [1.165, 1.54) is 0 Å². The summed E-state index contributed by atoms with van der Waals surface area (Å²) in [4.78, 5) is 11.9. The lowest BCUT2D eigenvalue weighted by Gasteiger charge is -2.21. The van der Waals surface area contributed by atoms with Gasteiger partial charge in [0.05, 0.1) is 0 Å². The van der Waals surface area contributed by atoms with Gasteiger partial charge in [-0.3, -0.25) is 0 Å². The zero-order chi connectivity index (χ0) is 14.5. The van der Waals surface area contributed by atoms with Gasteiger partial charge in [-0.25, -0.2) is 4.79 Å². The lowest BCUT2D eigenvalue weighted by Crippen LogP contribution is -2.25. The molecule has 0 radical (unpaired) electrons. The highest BCUT2D eigenvalue weighted by Crippen LogP contribution is 2.25. The molecule has 1 aromatic rings. The molecule has 0 saturated carbocycles. The standard InChI is InChI=1S/C17H22O2/c1-6-14(15-10-8-7-9-11-15)12-13(2)16(18)19-17(3,4)5/h6-11,14H,1-2,12H2,3-5H3. The second kappa shape index (κ2) is 6.37. The molecule has 0 fully saturated rings. The highest BCUT2D eigenvalue weighted by molar-refractivity contribution is 5.88. The third kappa shape index (κ3) is 5.12. The first kappa shape index (κ1) is 15.2. The van der Waals surface area contributed by atoms with Crippen molar-refractivity contribution in [3.63, 3.8) is 0 Å². The van der Waals surface area contributed by atoms with E-state index in [2.05, 4.69) is 13.2 Å². The van der Waals surface area contributed by atoms with Crippen LogP contribution in [0.15, 0.2) is 55.1 Å². The molecule has 19 heavy (non-hydrogen) atoms. The average Bonchev–Trinajstić information content (AvgIpc) is 2.34. The first-order valence-corrected chi connectivity index (χ1v) is 6.42. The van der Waals surface area contributed by atoms with Gasteiger partial charge in [0.25, 0.3) is 0 Å². The number of hydrogen-bond acceptors (Lipinski definition) is 2. The quantitative estimate of drug-likeness (QED) is 0.448. The van der Waals surface area contributed by atoms with E-state index in [1.54, 1.807) is 0 Å². The van der Waals surface area contributed by atoms with E-state index >= 15 is 0 Å². The van der Waals surface area contributed by atoms with Crippen LogP contribution in [0.2, 0.25) is 0 Å². The minimum atomic E-state index is -0.490. The Balaban J connectivity index is 2.69. The van der Waals surface area contributed by atoms with Crippen molar-refractivity contribution in [2.45, 2.75) is 38.7 Å². The molecule has 1 unspecified atom stereocenters. The van der Waals surface area contributed by atoms with Gasteiger partial charge in [0.2, 0.25) is 0 Å². The third-order valence-corrected chi connectivity index (χ3v) is 2.67. The molecular weight excluding hydrogens is 236 g/mol. The number of rotatable bonds is 5. The molecular formula is C17H22O2. The highest BCUT2D eigenvalue weighted by Gasteiger charge is 2.20. The summed E-state index contributed by atoms with van der Waals surface area (Å²) >= 11 is 0. The molecule has 2 heteroatoms. The smallest absolute Gasteiger partial charge is 0.333 e. The lowest BCUT2D eigenvalue weighted by molar-refractivity contribution is -0.150. The van der Waals surface area contributed by atoms with Crippen LogP contribution < -0.4 is 0 Å². The van der Waals surface area contributed by atoms with Gasteiger partial charge in [-0.05, 0) is 32.8 Å². The van der Waals surface area contributed by atoms with Crippen molar-refractivity contribution in [3.05, 3.63) is 60.7 Å². The van der Waals surface area contributed by atoms with Gasteiger partial charge in [0.1, 0.15) is 5.60 Å². The van der Waals surface area contributed by atoms with E-state index in [4.69, 9.17) is 4.74 Å². The molecule has 0 aliphatic rings. The van der Waals surface area contributed by atoms with Crippen LogP contribution >= 0.6 is 0 Å². The molecule has 0 heterocycles. The zero-order valence-corrected chi connectivity index (χ0v) is 12.0. The Labute approximate surface area is 115 Å². The Hall–Kier alpha value is -1.83. The first-order valence-electron chi connectivity index (χ1n) is 6.42. The van der Waals surface area contributed by atoms with Gasteiger partial charge in [-0.15, -0.1) is 6.58 Å². The molecule has 0 spiro atoms. The number of benzene rings is 1. The molecule has 0 N–H and O–H groups in total. The van der Waals surface area contributed by atoms with Gasteiger partial charge < -0.3 is 4.74 Å². The van der Waals surface area contributed by atoms with Crippen molar-refractivity contribution in [2.24, 2.45) is 0 Å². The number of carbonyl (C=O) groups is 1. The molecule has 1 atom stereocenters. The Bertz CT molecular complexity index is 452. The molecule has 0 bridgehead atoms. The van der Waals surface area contributed by atoms with E-state index in [9.17, 15) is 4.79 Å². The van der Waals surface area contributed by atoms with Crippen LogP contribution in [0, 0.1) is 0 Å². The fourth-order valence-electron chi connectivity index (χ4n) is 1.74. The van der Waals surface area contributed by atoms with E-state index in [0.29, 0.717) is 12.0 Å². The van der Waals surface area contributed by atoms with Crippen molar-refractivity contribution in [1.29, 1.82) is 0 Å². The largest absolute Gasteiger partial charge is 0.457 e. The van der Waals surface area contributed by atoms with Gasteiger partial charge in [0, 0.05) is 11.5 Å². The first-order chi connectivity index (χ1) is 8.83. The molecule has 102 valence electrons. The van der Waals surface area contributed by atoms with Crippen LogP contribution in [0.3, 0.4) is 0 Å². The van der Waals surface area contributed by atoms with Crippen molar-refractivity contribution in [3.8, 4) is 0 Å². The summed E-state index contributed by atoms with van der Waals surface area (Å²) < 4.78 is 5.31. The van der Waals surface area contributed by atoms with Crippen LogP contribution in [0.25, 0.3) is 0 Å².